The number of hydrogen-bond donors (Lipinski definition) is 1. The topological polar surface area (TPSA) is 12.0 Å². The van der Waals surface area contributed by atoms with Crippen LogP contribution in [-0.4, -0.2) is 0 Å². The van der Waals surface area contributed by atoms with Crippen LogP contribution < -0.4 is 5.32 Å². The molecular weight excluding hydrogens is 374 g/mol. The van der Waals surface area contributed by atoms with Crippen LogP contribution in [0.1, 0.15) is 115 Å². The molecule has 1 N–H and O–H groups in total. The Labute approximate surface area is 193 Å². The Hall–Kier alpha value is -1.76. The number of unbranched alkanes of at least 4 members (excludes halogenated alkanes) is 9. The molecule has 172 valence electrons. The van der Waals surface area contributed by atoms with Crippen LogP contribution in [0.4, 0.5) is 11.4 Å². The van der Waals surface area contributed by atoms with E-state index in [-0.39, 0.29) is 0 Å². The molecule has 0 amide bonds. The minimum Gasteiger partial charge on any atom is -0.355 e. The van der Waals surface area contributed by atoms with E-state index in [9.17, 15) is 0 Å². The molecule has 0 unspecified atom stereocenters. The van der Waals surface area contributed by atoms with Crippen LogP contribution in [0.3, 0.4) is 0 Å². The average molecular weight is 422 g/mol. The van der Waals surface area contributed by atoms with Gasteiger partial charge in [-0.05, 0) is 67.3 Å². The first-order valence-electron chi connectivity index (χ1n) is 13.2. The molecule has 0 saturated carbocycles. The first-order chi connectivity index (χ1) is 15.3. The van der Waals surface area contributed by atoms with E-state index < -0.39 is 0 Å². The predicted molar refractivity (Wildman–Crippen MR) is 140 cm³/mol. The molecular formula is C30H47N. The highest BCUT2D eigenvalue weighted by Crippen LogP contribution is 2.28. The second kappa shape index (κ2) is 16.0. The zero-order chi connectivity index (χ0) is 22.2. The Morgan fingerprint density at radius 1 is 0.516 bits per heavy atom. The Bertz CT molecular complexity index is 718. The van der Waals surface area contributed by atoms with E-state index in [0.29, 0.717) is 0 Å². The molecule has 0 aliphatic rings. The maximum Gasteiger partial charge on any atom is 0.0417 e. The average Bonchev–Trinajstić information content (AvgIpc) is 2.79. The van der Waals surface area contributed by atoms with Crippen molar-refractivity contribution < 1.29 is 0 Å². The Kier molecular flexibility index (Phi) is 13.1. The molecule has 0 aliphatic heterocycles. The van der Waals surface area contributed by atoms with E-state index >= 15 is 0 Å². The van der Waals surface area contributed by atoms with Crippen molar-refractivity contribution in [1.29, 1.82) is 0 Å². The molecule has 0 aliphatic carbocycles. The zero-order valence-electron chi connectivity index (χ0n) is 20.6. The summed E-state index contributed by atoms with van der Waals surface area (Å²) in [4.78, 5) is 0. The van der Waals surface area contributed by atoms with Crippen molar-refractivity contribution in [3.05, 3.63) is 59.2 Å². The standard InChI is InChI=1S/C30H47N/c1-4-7-10-13-18-26-23-24-30(28(25-26)21-15-12-9-6-3)31-29-22-17-16-20-27(29)19-14-11-8-5-2/h16-17,20,22-25,31H,4-15,18-19,21H2,1-3H3. The van der Waals surface area contributed by atoms with Crippen molar-refractivity contribution in [1.82, 2.24) is 0 Å². The summed E-state index contributed by atoms with van der Waals surface area (Å²) in [6.45, 7) is 6.86. The number of anilines is 2. The number of nitrogens with one attached hydrogen (secondary N) is 1. The van der Waals surface area contributed by atoms with Gasteiger partial charge in [-0.2, -0.15) is 0 Å². The molecule has 1 heteroatoms. The van der Waals surface area contributed by atoms with Crippen LogP contribution in [0, 0.1) is 0 Å². The smallest absolute Gasteiger partial charge is 0.0417 e. The lowest BCUT2D eigenvalue weighted by Crippen LogP contribution is -2.01. The normalized spacial score (nSPS) is 11.1. The van der Waals surface area contributed by atoms with E-state index in [1.54, 1.807) is 0 Å². The van der Waals surface area contributed by atoms with Gasteiger partial charge in [0.2, 0.25) is 0 Å². The summed E-state index contributed by atoms with van der Waals surface area (Å²) < 4.78 is 0. The van der Waals surface area contributed by atoms with Crippen molar-refractivity contribution in [2.75, 3.05) is 5.32 Å². The molecule has 0 heterocycles. The van der Waals surface area contributed by atoms with Gasteiger partial charge in [0.1, 0.15) is 0 Å². The van der Waals surface area contributed by atoms with Crippen molar-refractivity contribution >= 4 is 11.4 Å². The molecule has 0 radical (unpaired) electrons. The molecule has 0 saturated heterocycles. The van der Waals surface area contributed by atoms with Gasteiger partial charge in [0.15, 0.2) is 0 Å². The quantitative estimate of drug-likeness (QED) is 0.251. The van der Waals surface area contributed by atoms with Crippen LogP contribution in [0.2, 0.25) is 0 Å². The fourth-order valence-corrected chi connectivity index (χ4v) is 4.38. The first-order valence-corrected chi connectivity index (χ1v) is 13.2. The number of aryl methyl sites for hydroxylation is 3. The van der Waals surface area contributed by atoms with E-state index in [1.165, 1.54) is 124 Å². The van der Waals surface area contributed by atoms with E-state index in [2.05, 4.69) is 68.6 Å². The van der Waals surface area contributed by atoms with Gasteiger partial charge in [0, 0.05) is 11.4 Å². The van der Waals surface area contributed by atoms with Crippen molar-refractivity contribution in [2.24, 2.45) is 0 Å². The third-order valence-electron chi connectivity index (χ3n) is 6.37. The summed E-state index contributed by atoms with van der Waals surface area (Å²) in [6.07, 6.45) is 19.5. The summed E-state index contributed by atoms with van der Waals surface area (Å²) >= 11 is 0. The van der Waals surface area contributed by atoms with Crippen LogP contribution >= 0.6 is 0 Å². The minimum atomic E-state index is 1.17. The molecule has 0 aromatic heterocycles. The van der Waals surface area contributed by atoms with Gasteiger partial charge in [0.05, 0.1) is 0 Å². The van der Waals surface area contributed by atoms with Crippen LogP contribution in [0.5, 0.6) is 0 Å². The SMILES string of the molecule is CCCCCCc1ccc(Nc2ccccc2CCCCCC)c(CCCCCC)c1. The Balaban J connectivity index is 2.10. The van der Waals surface area contributed by atoms with Gasteiger partial charge in [0.25, 0.3) is 0 Å². The van der Waals surface area contributed by atoms with Crippen LogP contribution in [0.15, 0.2) is 42.5 Å². The Morgan fingerprint density at radius 3 is 1.71 bits per heavy atom. The Morgan fingerprint density at radius 2 is 1.06 bits per heavy atom. The second-order valence-electron chi connectivity index (χ2n) is 9.21. The second-order valence-corrected chi connectivity index (χ2v) is 9.21. The molecule has 2 aromatic carbocycles. The highest BCUT2D eigenvalue weighted by atomic mass is 14.9. The highest BCUT2D eigenvalue weighted by molar-refractivity contribution is 5.66. The van der Waals surface area contributed by atoms with Crippen LogP contribution in [-0.2, 0) is 19.3 Å². The lowest BCUT2D eigenvalue weighted by molar-refractivity contribution is 0.661. The van der Waals surface area contributed by atoms with Gasteiger partial charge in [-0.1, -0.05) is 109 Å². The summed E-state index contributed by atoms with van der Waals surface area (Å²) in [5.74, 6) is 0. The fourth-order valence-electron chi connectivity index (χ4n) is 4.38. The van der Waals surface area contributed by atoms with E-state index in [4.69, 9.17) is 0 Å². The zero-order valence-corrected chi connectivity index (χ0v) is 20.6. The number of para-hydroxylation sites is 1. The van der Waals surface area contributed by atoms with Gasteiger partial charge >= 0.3 is 0 Å². The van der Waals surface area contributed by atoms with Gasteiger partial charge in [-0.25, -0.2) is 0 Å². The third kappa shape index (κ3) is 9.93. The van der Waals surface area contributed by atoms with Crippen LogP contribution in [0.25, 0.3) is 0 Å². The summed E-state index contributed by atoms with van der Waals surface area (Å²) in [5.41, 5.74) is 7.09. The largest absolute Gasteiger partial charge is 0.355 e. The van der Waals surface area contributed by atoms with Gasteiger partial charge in [-0.15, -0.1) is 0 Å². The maximum atomic E-state index is 3.83. The first kappa shape index (κ1) is 25.5. The minimum absolute atomic E-state index is 1.17. The molecule has 2 aromatic rings. The highest BCUT2D eigenvalue weighted by Gasteiger charge is 2.08. The molecule has 2 rings (SSSR count). The predicted octanol–water partition coefficient (Wildman–Crippen LogP) is 9.80. The molecule has 1 nitrogen and oxygen atoms in total. The van der Waals surface area contributed by atoms with E-state index in [0.717, 1.165) is 0 Å². The third-order valence-corrected chi connectivity index (χ3v) is 6.37. The molecule has 0 bridgehead atoms. The maximum absolute atomic E-state index is 3.83. The summed E-state index contributed by atoms with van der Waals surface area (Å²) in [5, 5.41) is 3.83. The summed E-state index contributed by atoms with van der Waals surface area (Å²) in [7, 11) is 0. The van der Waals surface area contributed by atoms with Crippen molar-refractivity contribution in [3.63, 3.8) is 0 Å². The number of rotatable bonds is 17. The molecule has 0 atom stereocenters. The number of hydrogen-bond acceptors (Lipinski definition) is 1. The van der Waals surface area contributed by atoms with Gasteiger partial charge < -0.3 is 5.32 Å². The van der Waals surface area contributed by atoms with Crippen molar-refractivity contribution in [2.45, 2.75) is 117 Å². The van der Waals surface area contributed by atoms with Crippen molar-refractivity contribution in [3.8, 4) is 0 Å². The van der Waals surface area contributed by atoms with Gasteiger partial charge in [-0.3, -0.25) is 0 Å². The fraction of sp³-hybridized carbons (Fsp3) is 0.600. The molecule has 31 heavy (non-hydrogen) atoms. The lowest BCUT2D eigenvalue weighted by atomic mass is 9.98. The number of benzene rings is 2. The monoisotopic (exact) mass is 421 g/mol. The lowest BCUT2D eigenvalue weighted by Gasteiger charge is -2.17. The molecule has 0 spiro atoms. The summed E-state index contributed by atoms with van der Waals surface area (Å²) in [6, 6.07) is 16.1. The van der Waals surface area contributed by atoms with E-state index in [1.807, 2.05) is 0 Å². The molecule has 0 fully saturated rings.